The Bertz CT molecular complexity index is 2560. The summed E-state index contributed by atoms with van der Waals surface area (Å²) in [6.07, 6.45) is -1.48. The van der Waals surface area contributed by atoms with Crippen LogP contribution in [0.5, 0.6) is 0 Å². The second-order valence-corrected chi connectivity index (χ2v) is 18.1. The molecule has 7 amide bonds. The van der Waals surface area contributed by atoms with E-state index in [1.807, 2.05) is 117 Å². The fourth-order valence-electron chi connectivity index (χ4n) is 8.05. The number of alkyl carbamates (subject to hydrolysis) is 1. The highest BCUT2D eigenvalue weighted by Crippen LogP contribution is 2.44. The van der Waals surface area contributed by atoms with Gasteiger partial charge in [0.1, 0.15) is 30.9 Å². The van der Waals surface area contributed by atoms with Gasteiger partial charge in [-0.2, -0.15) is 0 Å². The van der Waals surface area contributed by atoms with Gasteiger partial charge in [0.05, 0.1) is 0 Å². The number of ether oxygens (including phenoxy) is 3. The lowest BCUT2D eigenvalue weighted by molar-refractivity contribution is -0.128. The van der Waals surface area contributed by atoms with Gasteiger partial charge in [0.2, 0.25) is 11.8 Å². The maximum Gasteiger partial charge on any atom is 0.410 e. The van der Waals surface area contributed by atoms with Crippen LogP contribution in [0.15, 0.2) is 127 Å². The lowest BCUT2D eigenvalue weighted by atomic mass is 9.95. The van der Waals surface area contributed by atoms with Crippen LogP contribution in [-0.4, -0.2) is 98.3 Å². The fourth-order valence-corrected chi connectivity index (χ4v) is 8.05. The summed E-state index contributed by atoms with van der Waals surface area (Å²) in [6.45, 7) is 7.72. The summed E-state index contributed by atoms with van der Waals surface area (Å²) in [5.74, 6) is -1.67. The summed E-state index contributed by atoms with van der Waals surface area (Å²) in [5, 5.41) is 10.8. The normalized spacial score (nSPS) is 12.6. The number of carbonyl (C=O) groups is 6. The van der Waals surface area contributed by atoms with Gasteiger partial charge in [-0.3, -0.25) is 9.59 Å². The number of hydrogen-bond donors (Lipinski definition) is 5. The fraction of sp³-hybridized carbons (Fsp3) is 0.333. The lowest BCUT2D eigenvalue weighted by Gasteiger charge is -2.29. The molecule has 2 atom stereocenters. The Morgan fingerprint density at radius 2 is 1.24 bits per heavy atom. The first kappa shape index (κ1) is 51.5. The number of nitrogens with zero attached hydrogens (tertiary/aromatic N) is 2. The predicted molar refractivity (Wildman–Crippen MR) is 267 cm³/mol. The number of nitrogens with one attached hydrogen (secondary N) is 4. The molecule has 0 aliphatic heterocycles. The zero-order chi connectivity index (χ0) is 50.4. The molecule has 16 nitrogen and oxygen atoms in total. The summed E-state index contributed by atoms with van der Waals surface area (Å²) in [5.41, 5.74) is 12.6. The first-order chi connectivity index (χ1) is 33.5. The summed E-state index contributed by atoms with van der Waals surface area (Å²) < 4.78 is 17.1. The van der Waals surface area contributed by atoms with Crippen LogP contribution in [0.2, 0.25) is 0 Å². The minimum atomic E-state index is -1.06. The van der Waals surface area contributed by atoms with Gasteiger partial charge in [0, 0.05) is 45.3 Å². The van der Waals surface area contributed by atoms with Crippen LogP contribution >= 0.6 is 0 Å². The molecule has 5 aromatic rings. The zero-order valence-electron chi connectivity index (χ0n) is 40.5. The van der Waals surface area contributed by atoms with Gasteiger partial charge in [-0.1, -0.05) is 129 Å². The van der Waals surface area contributed by atoms with Crippen molar-refractivity contribution in [2.75, 3.05) is 45.7 Å². The van der Waals surface area contributed by atoms with Crippen molar-refractivity contribution in [1.29, 1.82) is 0 Å². The molecule has 0 spiro atoms. The molecule has 0 saturated heterocycles. The highest BCUT2D eigenvalue weighted by molar-refractivity contribution is 5.98. The molecule has 2 unspecified atom stereocenters. The van der Waals surface area contributed by atoms with Crippen molar-refractivity contribution in [1.82, 2.24) is 25.8 Å². The van der Waals surface area contributed by atoms with Gasteiger partial charge in [-0.25, -0.2) is 19.2 Å². The van der Waals surface area contributed by atoms with Crippen molar-refractivity contribution in [3.8, 4) is 22.3 Å². The van der Waals surface area contributed by atoms with Crippen LogP contribution in [0.4, 0.5) is 24.9 Å². The van der Waals surface area contributed by atoms with E-state index in [1.165, 1.54) is 9.80 Å². The molecule has 1 aliphatic carbocycles. The van der Waals surface area contributed by atoms with Crippen LogP contribution in [0.3, 0.4) is 0 Å². The van der Waals surface area contributed by atoms with E-state index >= 15 is 0 Å². The Morgan fingerprint density at radius 1 is 0.671 bits per heavy atom. The first-order valence-electron chi connectivity index (χ1n) is 23.3. The van der Waals surface area contributed by atoms with E-state index < -0.39 is 53.8 Å². The van der Waals surface area contributed by atoms with Gasteiger partial charge in [0.25, 0.3) is 0 Å². The standard InChI is InChI=1S/C54H63N7O9/c1-35(2)47(59-51(65)68-34-45-43-19-12-10-17-41(43)42-18-11-13-20-44(42)45)49(63)58-46(21-14-30-56-50(55)64)48(62)57-40-28-22-36(23-29-40)33-69-52(66)60(5)31-32-61(6)53(67)70-54(3,4)39-26-24-38(25-27-39)37-15-8-7-9-16-37/h7-13,15-20,22-29,35,45-47H,14,21,30-34H2,1-6H3,(H,57,62)(H,58,63)(H,59,65)(H3,55,56,64). The average molecular weight is 954 g/mol. The van der Waals surface area contributed by atoms with E-state index in [0.717, 1.165) is 38.9 Å². The molecule has 1 aliphatic rings. The quantitative estimate of drug-likeness (QED) is 0.0374. The maximum atomic E-state index is 13.8. The van der Waals surface area contributed by atoms with E-state index in [4.69, 9.17) is 19.9 Å². The number of likely N-dealkylation sites (N-methyl/N-ethyl adjacent to an activating group) is 2. The molecular formula is C54H63N7O9. The number of rotatable bonds is 20. The number of fused-ring (bicyclic) bond motifs is 3. The van der Waals surface area contributed by atoms with Gasteiger partial charge < -0.3 is 51.0 Å². The summed E-state index contributed by atoms with van der Waals surface area (Å²) in [7, 11) is 3.17. The molecule has 0 fully saturated rings. The van der Waals surface area contributed by atoms with Crippen LogP contribution in [0.1, 0.15) is 68.7 Å². The van der Waals surface area contributed by atoms with Gasteiger partial charge in [0.15, 0.2) is 0 Å². The summed E-state index contributed by atoms with van der Waals surface area (Å²) in [6, 6.07) is 37.6. The number of amides is 7. The van der Waals surface area contributed by atoms with Gasteiger partial charge in [-0.05, 0) is 89.2 Å². The van der Waals surface area contributed by atoms with Gasteiger partial charge >= 0.3 is 24.3 Å². The van der Waals surface area contributed by atoms with E-state index in [1.54, 1.807) is 52.2 Å². The van der Waals surface area contributed by atoms with Crippen molar-refractivity contribution in [3.63, 3.8) is 0 Å². The third-order valence-corrected chi connectivity index (χ3v) is 12.2. The Morgan fingerprint density at radius 3 is 1.84 bits per heavy atom. The Kier molecular flexibility index (Phi) is 17.6. The molecule has 16 heteroatoms. The Hall–Kier alpha value is -7.88. The van der Waals surface area contributed by atoms with E-state index in [9.17, 15) is 28.8 Å². The molecule has 6 N–H and O–H groups in total. The van der Waals surface area contributed by atoms with Crippen molar-refractivity contribution in [3.05, 3.63) is 150 Å². The molecule has 0 heterocycles. The molecule has 70 heavy (non-hydrogen) atoms. The predicted octanol–water partition coefficient (Wildman–Crippen LogP) is 8.36. The third kappa shape index (κ3) is 13.9. The van der Waals surface area contributed by atoms with Crippen LogP contribution in [0, 0.1) is 5.92 Å². The zero-order valence-corrected chi connectivity index (χ0v) is 40.5. The number of benzene rings is 5. The van der Waals surface area contributed by atoms with Crippen molar-refractivity contribution >= 4 is 41.8 Å². The average Bonchev–Trinajstić information content (AvgIpc) is 3.67. The smallest absolute Gasteiger partial charge is 0.410 e. The molecule has 0 aromatic heterocycles. The maximum absolute atomic E-state index is 13.8. The molecule has 0 saturated carbocycles. The number of urea groups is 1. The highest BCUT2D eigenvalue weighted by Gasteiger charge is 2.32. The highest BCUT2D eigenvalue weighted by atomic mass is 16.6. The van der Waals surface area contributed by atoms with Crippen LogP contribution in [0.25, 0.3) is 22.3 Å². The second-order valence-electron chi connectivity index (χ2n) is 18.1. The molecule has 0 radical (unpaired) electrons. The number of hydrogen-bond acceptors (Lipinski definition) is 9. The minimum absolute atomic E-state index is 0.0617. The molecule has 6 rings (SSSR count). The molecule has 5 aromatic carbocycles. The summed E-state index contributed by atoms with van der Waals surface area (Å²) in [4.78, 5) is 80.7. The largest absolute Gasteiger partial charge is 0.449 e. The Balaban J connectivity index is 0.963. The SMILES string of the molecule is CC(C)C(NC(=O)OCC1c2ccccc2-c2ccccc21)C(=O)NC(CCCNC(N)=O)C(=O)Nc1ccc(COC(=O)N(C)CCN(C)C(=O)OC(C)(C)c2ccc(-c3ccccc3)cc2)cc1. The van der Waals surface area contributed by atoms with Crippen molar-refractivity contribution in [2.45, 2.75) is 70.7 Å². The van der Waals surface area contributed by atoms with Crippen molar-refractivity contribution < 1.29 is 43.0 Å². The second kappa shape index (κ2) is 23.9. The summed E-state index contributed by atoms with van der Waals surface area (Å²) >= 11 is 0. The molecule has 368 valence electrons. The molecular weight excluding hydrogens is 891 g/mol. The molecule has 0 bridgehead atoms. The monoisotopic (exact) mass is 953 g/mol. The van der Waals surface area contributed by atoms with E-state index in [-0.39, 0.29) is 51.1 Å². The van der Waals surface area contributed by atoms with E-state index in [0.29, 0.717) is 17.7 Å². The Labute approximate surface area is 409 Å². The van der Waals surface area contributed by atoms with Crippen molar-refractivity contribution in [2.24, 2.45) is 11.7 Å². The van der Waals surface area contributed by atoms with Crippen LogP contribution in [-0.2, 0) is 36.0 Å². The van der Waals surface area contributed by atoms with E-state index in [2.05, 4.69) is 21.3 Å². The lowest BCUT2D eigenvalue weighted by Crippen LogP contribution is -2.54. The topological polar surface area (TPSA) is 211 Å². The number of anilines is 1. The first-order valence-corrected chi connectivity index (χ1v) is 23.3. The van der Waals surface area contributed by atoms with Crippen LogP contribution < -0.4 is 27.0 Å². The number of carbonyl (C=O) groups excluding carboxylic acids is 6. The minimum Gasteiger partial charge on any atom is -0.449 e. The van der Waals surface area contributed by atoms with Gasteiger partial charge in [-0.15, -0.1) is 0 Å². The third-order valence-electron chi connectivity index (χ3n) is 12.2. The number of primary amides is 1. The number of nitrogens with two attached hydrogens (primary N) is 1.